The number of ether oxygens (including phenoxy) is 4. The molecule has 1 atom stereocenters. The van der Waals surface area contributed by atoms with Crippen LogP contribution in [0.15, 0.2) is 0 Å². The van der Waals surface area contributed by atoms with Crippen molar-refractivity contribution in [2.24, 2.45) is 5.92 Å². The standard InChI is InChI=1S/C12H20O4/c1-11(13-5-6-14-11)9-10-3-2-4-12(10)15-7-8-16-12/h10H,2-9H2,1H3. The smallest absolute Gasteiger partial charge is 0.171 e. The molecule has 16 heavy (non-hydrogen) atoms. The number of hydrogen-bond donors (Lipinski definition) is 0. The first-order valence-corrected chi connectivity index (χ1v) is 6.28. The summed E-state index contributed by atoms with van der Waals surface area (Å²) < 4.78 is 23.0. The highest BCUT2D eigenvalue weighted by molar-refractivity contribution is 4.91. The van der Waals surface area contributed by atoms with Gasteiger partial charge in [0, 0.05) is 18.8 Å². The van der Waals surface area contributed by atoms with Gasteiger partial charge in [0.15, 0.2) is 11.6 Å². The summed E-state index contributed by atoms with van der Waals surface area (Å²) in [5.41, 5.74) is 0. The molecule has 0 N–H and O–H groups in total. The van der Waals surface area contributed by atoms with E-state index >= 15 is 0 Å². The zero-order valence-electron chi connectivity index (χ0n) is 9.87. The van der Waals surface area contributed by atoms with Crippen molar-refractivity contribution in [2.45, 2.75) is 44.2 Å². The molecule has 0 aromatic rings. The first-order valence-electron chi connectivity index (χ1n) is 6.28. The summed E-state index contributed by atoms with van der Waals surface area (Å²) in [6, 6.07) is 0. The average molecular weight is 228 g/mol. The first kappa shape index (κ1) is 11.0. The summed E-state index contributed by atoms with van der Waals surface area (Å²) in [7, 11) is 0. The van der Waals surface area contributed by atoms with E-state index in [4.69, 9.17) is 18.9 Å². The van der Waals surface area contributed by atoms with Gasteiger partial charge in [-0.25, -0.2) is 0 Å². The van der Waals surface area contributed by atoms with Crippen LogP contribution in [-0.4, -0.2) is 38.0 Å². The molecule has 1 saturated carbocycles. The molecule has 3 rings (SSSR count). The molecule has 1 unspecified atom stereocenters. The van der Waals surface area contributed by atoms with Gasteiger partial charge in [0.1, 0.15) is 0 Å². The Morgan fingerprint density at radius 1 is 1.00 bits per heavy atom. The van der Waals surface area contributed by atoms with Gasteiger partial charge in [-0.05, 0) is 19.8 Å². The van der Waals surface area contributed by atoms with Crippen LogP contribution in [0.25, 0.3) is 0 Å². The van der Waals surface area contributed by atoms with Crippen LogP contribution in [-0.2, 0) is 18.9 Å². The molecule has 2 saturated heterocycles. The highest BCUT2D eigenvalue weighted by Crippen LogP contribution is 2.46. The van der Waals surface area contributed by atoms with Crippen molar-refractivity contribution in [1.82, 2.24) is 0 Å². The molecule has 0 bridgehead atoms. The predicted molar refractivity (Wildman–Crippen MR) is 56.9 cm³/mol. The van der Waals surface area contributed by atoms with E-state index in [-0.39, 0.29) is 5.79 Å². The molecule has 92 valence electrons. The second-order valence-corrected chi connectivity index (χ2v) is 5.13. The fraction of sp³-hybridized carbons (Fsp3) is 1.00. The number of rotatable bonds is 2. The second kappa shape index (κ2) is 3.95. The van der Waals surface area contributed by atoms with Gasteiger partial charge in [-0.1, -0.05) is 0 Å². The van der Waals surface area contributed by atoms with E-state index in [1.807, 2.05) is 6.92 Å². The summed E-state index contributed by atoms with van der Waals surface area (Å²) in [4.78, 5) is 0. The van der Waals surface area contributed by atoms with E-state index in [0.717, 1.165) is 32.5 Å². The maximum Gasteiger partial charge on any atom is 0.171 e. The van der Waals surface area contributed by atoms with Gasteiger partial charge in [-0.2, -0.15) is 0 Å². The van der Waals surface area contributed by atoms with Gasteiger partial charge in [-0.15, -0.1) is 0 Å². The molecular weight excluding hydrogens is 208 g/mol. The maximum atomic E-state index is 5.84. The van der Waals surface area contributed by atoms with Crippen molar-refractivity contribution in [2.75, 3.05) is 26.4 Å². The van der Waals surface area contributed by atoms with Gasteiger partial charge in [-0.3, -0.25) is 0 Å². The average Bonchev–Trinajstić information content (AvgIpc) is 2.94. The zero-order chi connectivity index (χ0) is 11.1. The summed E-state index contributed by atoms with van der Waals surface area (Å²) in [5, 5.41) is 0. The second-order valence-electron chi connectivity index (χ2n) is 5.13. The molecule has 1 aliphatic carbocycles. The van der Waals surface area contributed by atoms with Crippen LogP contribution in [0.5, 0.6) is 0 Å². The van der Waals surface area contributed by atoms with E-state index in [2.05, 4.69) is 0 Å². The van der Waals surface area contributed by atoms with Gasteiger partial charge < -0.3 is 18.9 Å². The van der Waals surface area contributed by atoms with Crippen LogP contribution >= 0.6 is 0 Å². The van der Waals surface area contributed by atoms with Gasteiger partial charge in [0.2, 0.25) is 0 Å². The molecule has 2 aliphatic heterocycles. The molecule has 0 amide bonds. The Labute approximate surface area is 96.2 Å². The fourth-order valence-corrected chi connectivity index (χ4v) is 3.25. The molecule has 4 nitrogen and oxygen atoms in total. The Bertz CT molecular complexity index is 248. The van der Waals surface area contributed by atoms with E-state index in [0.29, 0.717) is 19.1 Å². The zero-order valence-corrected chi connectivity index (χ0v) is 9.87. The van der Waals surface area contributed by atoms with E-state index < -0.39 is 5.79 Å². The summed E-state index contributed by atoms with van der Waals surface area (Å²) in [6.07, 6.45) is 4.24. The lowest BCUT2D eigenvalue weighted by Gasteiger charge is -2.34. The van der Waals surface area contributed by atoms with Crippen LogP contribution in [0.1, 0.15) is 32.6 Å². The SMILES string of the molecule is CC1(CC2CCCC23OCCO3)OCCO1. The first-order chi connectivity index (χ1) is 7.73. The lowest BCUT2D eigenvalue weighted by Crippen LogP contribution is -2.40. The number of hydrogen-bond acceptors (Lipinski definition) is 4. The summed E-state index contributed by atoms with van der Waals surface area (Å²) in [5.74, 6) is -0.326. The van der Waals surface area contributed by atoms with E-state index in [9.17, 15) is 0 Å². The van der Waals surface area contributed by atoms with Crippen molar-refractivity contribution >= 4 is 0 Å². The lowest BCUT2D eigenvalue weighted by atomic mass is 9.94. The quantitative estimate of drug-likeness (QED) is 0.720. The third-order valence-corrected chi connectivity index (χ3v) is 3.99. The molecule has 0 aromatic carbocycles. The van der Waals surface area contributed by atoms with E-state index in [1.165, 1.54) is 6.42 Å². The third-order valence-electron chi connectivity index (χ3n) is 3.99. The van der Waals surface area contributed by atoms with Crippen LogP contribution in [0.4, 0.5) is 0 Å². The molecule has 0 radical (unpaired) electrons. The van der Waals surface area contributed by atoms with Crippen LogP contribution < -0.4 is 0 Å². The van der Waals surface area contributed by atoms with Crippen molar-refractivity contribution in [3.8, 4) is 0 Å². The Morgan fingerprint density at radius 2 is 1.62 bits per heavy atom. The third kappa shape index (κ3) is 1.78. The molecule has 2 heterocycles. The molecule has 3 fully saturated rings. The van der Waals surface area contributed by atoms with Crippen molar-refractivity contribution in [3.63, 3.8) is 0 Å². The fourth-order valence-electron chi connectivity index (χ4n) is 3.25. The summed E-state index contributed by atoms with van der Waals surface area (Å²) in [6.45, 7) is 4.90. The van der Waals surface area contributed by atoms with Gasteiger partial charge in [0.05, 0.1) is 26.4 Å². The van der Waals surface area contributed by atoms with Crippen molar-refractivity contribution < 1.29 is 18.9 Å². The predicted octanol–water partition coefficient (Wildman–Crippen LogP) is 1.68. The Hall–Kier alpha value is -0.160. The normalized spacial score (nSPS) is 36.2. The minimum atomic E-state index is -0.419. The van der Waals surface area contributed by atoms with Crippen LogP contribution in [0, 0.1) is 5.92 Å². The Balaban J connectivity index is 1.69. The minimum Gasteiger partial charge on any atom is -0.348 e. The monoisotopic (exact) mass is 228 g/mol. The molecule has 1 spiro atoms. The summed E-state index contributed by atoms with van der Waals surface area (Å²) >= 11 is 0. The largest absolute Gasteiger partial charge is 0.348 e. The molecular formula is C12H20O4. The Kier molecular flexibility index (Phi) is 2.70. The van der Waals surface area contributed by atoms with E-state index in [1.54, 1.807) is 0 Å². The lowest BCUT2D eigenvalue weighted by molar-refractivity contribution is -0.218. The van der Waals surface area contributed by atoms with Crippen LogP contribution in [0.2, 0.25) is 0 Å². The van der Waals surface area contributed by atoms with Crippen molar-refractivity contribution in [3.05, 3.63) is 0 Å². The minimum absolute atomic E-state index is 0.321. The highest BCUT2D eigenvalue weighted by atomic mass is 16.7. The van der Waals surface area contributed by atoms with Gasteiger partial charge in [0.25, 0.3) is 0 Å². The molecule has 3 aliphatic rings. The molecule has 4 heteroatoms. The Morgan fingerprint density at radius 3 is 2.31 bits per heavy atom. The molecule has 0 aromatic heterocycles. The van der Waals surface area contributed by atoms with Gasteiger partial charge >= 0.3 is 0 Å². The maximum absolute atomic E-state index is 5.84. The van der Waals surface area contributed by atoms with Crippen molar-refractivity contribution in [1.29, 1.82) is 0 Å². The highest BCUT2D eigenvalue weighted by Gasteiger charge is 2.51. The van der Waals surface area contributed by atoms with Crippen LogP contribution in [0.3, 0.4) is 0 Å². The topological polar surface area (TPSA) is 36.9 Å².